The molecule has 5 nitrogen and oxygen atoms in total. The fourth-order valence-electron chi connectivity index (χ4n) is 2.92. The van der Waals surface area contributed by atoms with Gasteiger partial charge in [0, 0.05) is 18.7 Å². The molecule has 1 aliphatic rings. The number of nitrogens with one attached hydrogen (secondary N) is 1. The van der Waals surface area contributed by atoms with Crippen LogP contribution in [-0.2, 0) is 11.2 Å². The van der Waals surface area contributed by atoms with E-state index < -0.39 is 6.04 Å². The Balaban J connectivity index is 1.81. The molecular weight excluding hydrogens is 319 g/mol. The fraction of sp³-hybridized carbons (Fsp3) is 0.263. The first kappa shape index (κ1) is 16.8. The molecule has 1 aliphatic heterocycles. The number of amides is 1. The van der Waals surface area contributed by atoms with E-state index in [2.05, 4.69) is 5.32 Å². The van der Waals surface area contributed by atoms with Crippen molar-refractivity contribution in [3.8, 4) is 6.19 Å². The number of nitriles is 1. The second-order valence-corrected chi connectivity index (χ2v) is 5.93. The lowest BCUT2D eigenvalue weighted by Crippen LogP contribution is -2.47. The highest BCUT2D eigenvalue weighted by Crippen LogP contribution is 2.17. The van der Waals surface area contributed by atoms with Gasteiger partial charge in [-0.05, 0) is 36.2 Å². The second-order valence-electron chi connectivity index (χ2n) is 5.93. The van der Waals surface area contributed by atoms with Crippen molar-refractivity contribution in [1.82, 2.24) is 10.0 Å². The maximum atomic E-state index is 13.1. The number of hydrazine groups is 1. The van der Waals surface area contributed by atoms with Crippen LogP contribution in [0.15, 0.2) is 54.6 Å². The van der Waals surface area contributed by atoms with Crippen molar-refractivity contribution in [2.24, 2.45) is 0 Å². The predicted octanol–water partition coefficient (Wildman–Crippen LogP) is 2.78. The number of rotatable bonds is 5. The van der Waals surface area contributed by atoms with Crippen molar-refractivity contribution >= 4 is 11.6 Å². The van der Waals surface area contributed by atoms with Gasteiger partial charge in [0.2, 0.25) is 0 Å². The standard InChI is InChI=1S/C19H19FN4O/c20-16-7-9-17(10-8-16)22-18(13-15-5-2-1-3-6-15)19(25)24-12-4-11-23(24)14-21/h1-3,5-10,18,22H,4,11-13H2. The largest absolute Gasteiger partial charge is 0.373 e. The number of anilines is 1. The summed E-state index contributed by atoms with van der Waals surface area (Å²) >= 11 is 0. The maximum absolute atomic E-state index is 13.1. The van der Waals surface area contributed by atoms with Crippen LogP contribution >= 0.6 is 0 Å². The molecule has 0 aromatic heterocycles. The van der Waals surface area contributed by atoms with Crippen molar-refractivity contribution in [1.29, 1.82) is 5.26 Å². The minimum absolute atomic E-state index is 0.160. The summed E-state index contributed by atoms with van der Waals surface area (Å²) in [5.41, 5.74) is 1.68. The number of carbonyl (C=O) groups excluding carboxylic acids is 1. The molecule has 1 amide bonds. The minimum Gasteiger partial charge on any atom is -0.373 e. The molecule has 25 heavy (non-hydrogen) atoms. The number of hydrogen-bond acceptors (Lipinski definition) is 4. The van der Waals surface area contributed by atoms with Crippen LogP contribution in [0.1, 0.15) is 12.0 Å². The van der Waals surface area contributed by atoms with Crippen molar-refractivity contribution in [2.45, 2.75) is 18.9 Å². The molecule has 3 rings (SSSR count). The monoisotopic (exact) mass is 338 g/mol. The minimum atomic E-state index is -0.540. The molecule has 128 valence electrons. The molecule has 1 fully saturated rings. The van der Waals surface area contributed by atoms with Gasteiger partial charge in [-0.25, -0.2) is 14.4 Å². The zero-order valence-electron chi connectivity index (χ0n) is 13.7. The molecule has 0 aliphatic carbocycles. The Morgan fingerprint density at radius 1 is 1.16 bits per heavy atom. The van der Waals surface area contributed by atoms with Gasteiger partial charge in [0.25, 0.3) is 5.91 Å². The van der Waals surface area contributed by atoms with Crippen LogP contribution in [0.4, 0.5) is 10.1 Å². The van der Waals surface area contributed by atoms with Crippen LogP contribution in [0.25, 0.3) is 0 Å². The third-order valence-corrected chi connectivity index (χ3v) is 4.17. The molecule has 1 heterocycles. The van der Waals surface area contributed by atoms with Gasteiger partial charge in [-0.3, -0.25) is 4.79 Å². The number of nitrogens with zero attached hydrogens (tertiary/aromatic N) is 3. The summed E-state index contributed by atoms with van der Waals surface area (Å²) in [4.78, 5) is 13.0. The Kier molecular flexibility index (Phi) is 5.14. The van der Waals surface area contributed by atoms with Gasteiger partial charge in [-0.15, -0.1) is 0 Å². The summed E-state index contributed by atoms with van der Waals surface area (Å²) in [5, 5.41) is 15.3. The predicted molar refractivity (Wildman–Crippen MR) is 92.6 cm³/mol. The van der Waals surface area contributed by atoms with E-state index in [1.165, 1.54) is 22.2 Å². The molecular formula is C19H19FN4O. The average Bonchev–Trinajstić information content (AvgIpc) is 3.12. The van der Waals surface area contributed by atoms with E-state index in [0.717, 1.165) is 12.0 Å². The number of carbonyl (C=O) groups is 1. The molecule has 1 atom stereocenters. The lowest BCUT2D eigenvalue weighted by Gasteiger charge is -2.28. The van der Waals surface area contributed by atoms with Gasteiger partial charge in [0.15, 0.2) is 6.19 Å². The Morgan fingerprint density at radius 2 is 1.88 bits per heavy atom. The first-order chi connectivity index (χ1) is 12.2. The molecule has 0 spiro atoms. The zero-order valence-corrected chi connectivity index (χ0v) is 13.7. The van der Waals surface area contributed by atoms with Crippen LogP contribution in [0, 0.1) is 17.3 Å². The van der Waals surface area contributed by atoms with E-state index in [1.807, 2.05) is 36.5 Å². The fourth-order valence-corrected chi connectivity index (χ4v) is 2.92. The molecule has 2 aromatic carbocycles. The van der Waals surface area contributed by atoms with Gasteiger partial charge in [-0.2, -0.15) is 5.26 Å². The van der Waals surface area contributed by atoms with Crippen molar-refractivity contribution < 1.29 is 9.18 Å². The summed E-state index contributed by atoms with van der Waals surface area (Å²) in [7, 11) is 0. The van der Waals surface area contributed by atoms with E-state index >= 15 is 0 Å². The normalized spacial score (nSPS) is 14.9. The van der Waals surface area contributed by atoms with Crippen LogP contribution in [0.5, 0.6) is 0 Å². The highest BCUT2D eigenvalue weighted by molar-refractivity contribution is 5.85. The van der Waals surface area contributed by atoms with Crippen molar-refractivity contribution in [3.63, 3.8) is 0 Å². The summed E-state index contributed by atoms with van der Waals surface area (Å²) in [6.07, 6.45) is 3.30. The Bertz CT molecular complexity index is 757. The summed E-state index contributed by atoms with van der Waals surface area (Å²) in [6.45, 7) is 1.08. The van der Waals surface area contributed by atoms with Gasteiger partial charge < -0.3 is 5.32 Å². The van der Waals surface area contributed by atoms with Gasteiger partial charge in [-0.1, -0.05) is 30.3 Å². The van der Waals surface area contributed by atoms with Crippen LogP contribution < -0.4 is 5.32 Å². The number of hydrogen-bond donors (Lipinski definition) is 1. The summed E-state index contributed by atoms with van der Waals surface area (Å²) < 4.78 is 13.1. The van der Waals surface area contributed by atoms with Crippen LogP contribution in [0.3, 0.4) is 0 Å². The van der Waals surface area contributed by atoms with Gasteiger partial charge in [0.1, 0.15) is 11.9 Å². The number of halogens is 1. The molecule has 0 bridgehead atoms. The SMILES string of the molecule is N#CN1CCCN1C(=O)C(Cc1ccccc1)Nc1ccc(F)cc1. The molecule has 2 aromatic rings. The molecule has 1 N–H and O–H groups in total. The lowest BCUT2D eigenvalue weighted by molar-refractivity contribution is -0.140. The molecule has 1 saturated heterocycles. The molecule has 1 unspecified atom stereocenters. The van der Waals surface area contributed by atoms with Gasteiger partial charge >= 0.3 is 0 Å². The van der Waals surface area contributed by atoms with Crippen LogP contribution in [0.2, 0.25) is 0 Å². The first-order valence-corrected chi connectivity index (χ1v) is 8.22. The highest BCUT2D eigenvalue weighted by atomic mass is 19.1. The van der Waals surface area contributed by atoms with Crippen molar-refractivity contribution in [3.05, 3.63) is 66.0 Å². The van der Waals surface area contributed by atoms with E-state index in [-0.39, 0.29) is 11.7 Å². The Hall–Kier alpha value is -3.07. The highest BCUT2D eigenvalue weighted by Gasteiger charge is 2.31. The Labute approximate surface area is 146 Å². The second kappa shape index (κ2) is 7.67. The number of benzene rings is 2. The summed E-state index contributed by atoms with van der Waals surface area (Å²) in [6, 6.07) is 15.1. The van der Waals surface area contributed by atoms with Crippen molar-refractivity contribution in [2.75, 3.05) is 18.4 Å². The summed E-state index contributed by atoms with van der Waals surface area (Å²) in [5.74, 6) is -0.487. The smallest absolute Gasteiger partial charge is 0.264 e. The van der Waals surface area contributed by atoms with E-state index in [4.69, 9.17) is 0 Å². The Morgan fingerprint density at radius 3 is 2.56 bits per heavy atom. The third-order valence-electron chi connectivity index (χ3n) is 4.17. The lowest BCUT2D eigenvalue weighted by atomic mass is 10.0. The van der Waals surface area contributed by atoms with E-state index in [0.29, 0.717) is 25.2 Å². The topological polar surface area (TPSA) is 59.4 Å². The molecule has 6 heteroatoms. The zero-order chi connectivity index (χ0) is 17.6. The van der Waals surface area contributed by atoms with E-state index in [9.17, 15) is 14.4 Å². The third kappa shape index (κ3) is 4.07. The maximum Gasteiger partial charge on any atom is 0.264 e. The van der Waals surface area contributed by atoms with Crippen LogP contribution in [-0.4, -0.2) is 35.1 Å². The van der Waals surface area contributed by atoms with Gasteiger partial charge in [0.05, 0.1) is 6.54 Å². The first-order valence-electron chi connectivity index (χ1n) is 8.22. The molecule has 0 radical (unpaired) electrons. The average molecular weight is 338 g/mol. The quantitative estimate of drug-likeness (QED) is 0.852. The van der Waals surface area contributed by atoms with E-state index in [1.54, 1.807) is 12.1 Å². The molecule has 0 saturated carbocycles.